The van der Waals surface area contributed by atoms with Gasteiger partial charge in [0.15, 0.2) is 0 Å². The molecule has 0 bridgehead atoms. The Morgan fingerprint density at radius 2 is 1.94 bits per heavy atom. The molecule has 2 fully saturated rings. The van der Waals surface area contributed by atoms with Crippen LogP contribution < -0.4 is 0 Å². The molecular weight excluding hydrogens is 244 g/mol. The summed E-state index contributed by atoms with van der Waals surface area (Å²) >= 11 is 6.23. The molecule has 1 heterocycles. The van der Waals surface area contributed by atoms with Crippen LogP contribution in [0.1, 0.15) is 72.1 Å². The second-order valence-electron chi connectivity index (χ2n) is 7.26. The van der Waals surface area contributed by atoms with Crippen LogP contribution in [-0.2, 0) is 4.74 Å². The number of alkyl halides is 1. The van der Waals surface area contributed by atoms with Gasteiger partial charge in [-0.1, -0.05) is 33.1 Å². The number of hydrogen-bond acceptors (Lipinski definition) is 1. The molecule has 0 amide bonds. The summed E-state index contributed by atoms with van der Waals surface area (Å²) in [6.07, 6.45) is 10.3. The second kappa shape index (κ2) is 5.71. The predicted octanol–water partition coefficient (Wildman–Crippen LogP) is 5.16. The summed E-state index contributed by atoms with van der Waals surface area (Å²) in [5.74, 6) is 0.783. The Kier molecular flexibility index (Phi) is 4.65. The maximum Gasteiger partial charge on any atom is 0.0685 e. The first-order valence-corrected chi connectivity index (χ1v) is 8.15. The first-order chi connectivity index (χ1) is 8.44. The summed E-state index contributed by atoms with van der Waals surface area (Å²) in [7, 11) is 0. The first kappa shape index (κ1) is 14.7. The van der Waals surface area contributed by atoms with E-state index in [-0.39, 0.29) is 11.0 Å². The molecule has 1 spiro atoms. The molecule has 1 aliphatic carbocycles. The smallest absolute Gasteiger partial charge is 0.0685 e. The Bertz CT molecular complexity index is 261. The third-order valence-electron chi connectivity index (χ3n) is 5.17. The molecule has 0 aromatic carbocycles. The summed E-state index contributed by atoms with van der Waals surface area (Å²) in [5.41, 5.74) is 0.587. The standard InChI is InChI=1S/C16H29ClO/c1-13(17)11-15(2,3)14-7-10-18-16(12-14)8-5-4-6-9-16/h13-14H,4-12H2,1-3H3. The Balaban J connectivity index is 2.01. The lowest BCUT2D eigenvalue weighted by Crippen LogP contribution is -2.45. The Hall–Kier alpha value is 0.250. The van der Waals surface area contributed by atoms with Gasteiger partial charge in [0.1, 0.15) is 0 Å². The zero-order valence-corrected chi connectivity index (χ0v) is 13.1. The van der Waals surface area contributed by atoms with Crippen LogP contribution in [0.3, 0.4) is 0 Å². The second-order valence-corrected chi connectivity index (χ2v) is 8.00. The fraction of sp³-hybridized carbons (Fsp3) is 1.00. The molecule has 1 aliphatic heterocycles. The van der Waals surface area contributed by atoms with Gasteiger partial charge in [0.05, 0.1) is 5.60 Å². The highest BCUT2D eigenvalue weighted by atomic mass is 35.5. The van der Waals surface area contributed by atoms with Crippen molar-refractivity contribution >= 4 is 11.6 Å². The number of halogens is 1. The third kappa shape index (κ3) is 3.42. The molecule has 106 valence electrons. The lowest BCUT2D eigenvalue weighted by Gasteiger charge is -2.48. The summed E-state index contributed by atoms with van der Waals surface area (Å²) in [6, 6.07) is 0. The van der Waals surface area contributed by atoms with Gasteiger partial charge in [-0.3, -0.25) is 0 Å². The summed E-state index contributed by atoms with van der Waals surface area (Å²) in [6.45, 7) is 7.89. The molecule has 0 N–H and O–H groups in total. The normalized spacial score (nSPS) is 30.3. The van der Waals surface area contributed by atoms with Gasteiger partial charge >= 0.3 is 0 Å². The number of rotatable bonds is 3. The van der Waals surface area contributed by atoms with Crippen molar-refractivity contribution in [2.75, 3.05) is 6.61 Å². The van der Waals surface area contributed by atoms with E-state index >= 15 is 0 Å². The fourth-order valence-corrected chi connectivity index (χ4v) is 4.53. The molecule has 1 nitrogen and oxygen atoms in total. The van der Waals surface area contributed by atoms with Crippen molar-refractivity contribution in [3.8, 4) is 0 Å². The van der Waals surface area contributed by atoms with Gasteiger partial charge in [-0.25, -0.2) is 0 Å². The van der Waals surface area contributed by atoms with E-state index in [9.17, 15) is 0 Å². The van der Waals surface area contributed by atoms with Crippen molar-refractivity contribution in [2.24, 2.45) is 11.3 Å². The van der Waals surface area contributed by atoms with Gasteiger partial charge < -0.3 is 4.74 Å². The molecule has 2 rings (SSSR count). The largest absolute Gasteiger partial charge is 0.375 e. The van der Waals surface area contributed by atoms with Crippen molar-refractivity contribution < 1.29 is 4.74 Å². The van der Waals surface area contributed by atoms with Crippen LogP contribution in [0.4, 0.5) is 0 Å². The predicted molar refractivity (Wildman–Crippen MR) is 78.2 cm³/mol. The van der Waals surface area contributed by atoms with Crippen LogP contribution in [0.2, 0.25) is 0 Å². The zero-order valence-electron chi connectivity index (χ0n) is 12.3. The molecule has 2 heteroatoms. The summed E-state index contributed by atoms with van der Waals surface area (Å²) in [4.78, 5) is 0. The van der Waals surface area contributed by atoms with Crippen LogP contribution in [0.15, 0.2) is 0 Å². The van der Waals surface area contributed by atoms with Gasteiger partial charge in [-0.05, 0) is 50.4 Å². The number of hydrogen-bond donors (Lipinski definition) is 0. The van der Waals surface area contributed by atoms with Crippen LogP contribution in [-0.4, -0.2) is 17.6 Å². The van der Waals surface area contributed by atoms with Crippen LogP contribution >= 0.6 is 11.6 Å². The van der Waals surface area contributed by atoms with Crippen LogP contribution in [0.25, 0.3) is 0 Å². The van der Waals surface area contributed by atoms with E-state index < -0.39 is 0 Å². The van der Waals surface area contributed by atoms with Crippen molar-refractivity contribution in [1.82, 2.24) is 0 Å². The lowest BCUT2D eigenvalue weighted by molar-refractivity contribution is -0.134. The van der Waals surface area contributed by atoms with E-state index in [1.807, 2.05) is 0 Å². The summed E-state index contributed by atoms with van der Waals surface area (Å²) < 4.78 is 6.20. The van der Waals surface area contributed by atoms with Crippen molar-refractivity contribution in [3.05, 3.63) is 0 Å². The van der Waals surface area contributed by atoms with E-state index in [0.29, 0.717) is 5.41 Å². The Labute approximate surface area is 118 Å². The topological polar surface area (TPSA) is 9.23 Å². The molecule has 0 aromatic rings. The number of ether oxygens (including phenoxy) is 1. The molecule has 0 radical (unpaired) electrons. The highest BCUT2D eigenvalue weighted by molar-refractivity contribution is 6.20. The van der Waals surface area contributed by atoms with E-state index in [4.69, 9.17) is 16.3 Å². The van der Waals surface area contributed by atoms with Crippen molar-refractivity contribution in [3.63, 3.8) is 0 Å². The minimum atomic E-state index is 0.230. The van der Waals surface area contributed by atoms with E-state index in [0.717, 1.165) is 18.9 Å². The Morgan fingerprint density at radius 1 is 1.28 bits per heavy atom. The zero-order chi connectivity index (χ0) is 13.2. The van der Waals surface area contributed by atoms with E-state index in [1.165, 1.54) is 44.9 Å². The first-order valence-electron chi connectivity index (χ1n) is 7.72. The van der Waals surface area contributed by atoms with Gasteiger partial charge in [-0.2, -0.15) is 0 Å². The maximum absolute atomic E-state index is 6.23. The molecule has 2 atom stereocenters. The van der Waals surface area contributed by atoms with Crippen LogP contribution in [0, 0.1) is 11.3 Å². The monoisotopic (exact) mass is 272 g/mol. The summed E-state index contributed by atoms with van der Waals surface area (Å²) in [5, 5.41) is 0.283. The van der Waals surface area contributed by atoms with E-state index in [1.54, 1.807) is 0 Å². The highest BCUT2D eigenvalue weighted by Gasteiger charge is 2.43. The minimum Gasteiger partial charge on any atom is -0.375 e. The third-order valence-corrected chi connectivity index (χ3v) is 5.32. The highest BCUT2D eigenvalue weighted by Crippen LogP contribution is 2.47. The molecular formula is C16H29ClO. The molecule has 0 aromatic heterocycles. The van der Waals surface area contributed by atoms with Crippen LogP contribution in [0.5, 0.6) is 0 Å². The van der Waals surface area contributed by atoms with Gasteiger partial charge in [0, 0.05) is 12.0 Å². The van der Waals surface area contributed by atoms with E-state index in [2.05, 4.69) is 20.8 Å². The van der Waals surface area contributed by atoms with Gasteiger partial charge in [0.2, 0.25) is 0 Å². The SMILES string of the molecule is CC(Cl)CC(C)(C)C1CCOC2(CCCCC2)C1. The lowest BCUT2D eigenvalue weighted by atomic mass is 9.66. The fourth-order valence-electron chi connectivity index (χ4n) is 4.13. The minimum absolute atomic E-state index is 0.230. The van der Waals surface area contributed by atoms with Crippen molar-refractivity contribution in [2.45, 2.75) is 83.1 Å². The van der Waals surface area contributed by atoms with Crippen molar-refractivity contribution in [1.29, 1.82) is 0 Å². The quantitative estimate of drug-likeness (QED) is 0.645. The maximum atomic E-state index is 6.23. The van der Waals surface area contributed by atoms with Gasteiger partial charge in [0.25, 0.3) is 0 Å². The molecule has 2 aliphatic rings. The van der Waals surface area contributed by atoms with Gasteiger partial charge in [-0.15, -0.1) is 11.6 Å². The molecule has 1 saturated carbocycles. The molecule has 1 saturated heterocycles. The molecule has 2 unspecified atom stereocenters. The average molecular weight is 273 g/mol. The average Bonchev–Trinajstić information content (AvgIpc) is 2.28. The Morgan fingerprint density at radius 3 is 2.56 bits per heavy atom. The molecule has 18 heavy (non-hydrogen) atoms.